The van der Waals surface area contributed by atoms with Crippen molar-refractivity contribution in [3.63, 3.8) is 0 Å². The third-order valence-corrected chi connectivity index (χ3v) is 3.54. The number of amides is 1. The summed E-state index contributed by atoms with van der Waals surface area (Å²) in [5.74, 6) is 0.814. The molecule has 122 valence electrons. The number of ether oxygens (including phenoxy) is 2. The minimum absolute atomic E-state index is 0.141. The molecule has 0 bridgehead atoms. The van der Waals surface area contributed by atoms with Crippen molar-refractivity contribution in [2.75, 3.05) is 14.2 Å². The lowest BCUT2D eigenvalue weighted by atomic mass is 10.1. The molecule has 2 aromatic carbocycles. The van der Waals surface area contributed by atoms with E-state index in [2.05, 4.69) is 5.32 Å². The number of hydrogen-bond acceptors (Lipinski definition) is 3. The molecule has 0 heterocycles. The zero-order valence-electron chi connectivity index (χ0n) is 13.3. The van der Waals surface area contributed by atoms with Crippen LogP contribution in [0.3, 0.4) is 0 Å². The fourth-order valence-corrected chi connectivity index (χ4v) is 2.32. The van der Waals surface area contributed by atoms with Gasteiger partial charge in [-0.1, -0.05) is 30.3 Å². The minimum atomic E-state index is -0.317. The van der Waals surface area contributed by atoms with Gasteiger partial charge in [-0.25, -0.2) is 4.39 Å². The molecular weight excluding hydrogens is 297 g/mol. The van der Waals surface area contributed by atoms with Crippen molar-refractivity contribution in [2.45, 2.75) is 19.4 Å². The summed E-state index contributed by atoms with van der Waals surface area (Å²) < 4.78 is 24.1. The Bertz CT molecular complexity index is 673. The van der Waals surface area contributed by atoms with Crippen LogP contribution in [-0.2, 0) is 17.8 Å². The monoisotopic (exact) mass is 317 g/mol. The minimum Gasteiger partial charge on any atom is -0.493 e. The van der Waals surface area contributed by atoms with Crippen molar-refractivity contribution in [2.24, 2.45) is 0 Å². The first-order valence-electron chi connectivity index (χ1n) is 7.35. The number of carbonyl (C=O) groups excluding carboxylic acids is 1. The number of hydrogen-bond donors (Lipinski definition) is 1. The zero-order valence-corrected chi connectivity index (χ0v) is 13.3. The van der Waals surface area contributed by atoms with Crippen molar-refractivity contribution in [1.29, 1.82) is 0 Å². The summed E-state index contributed by atoms with van der Waals surface area (Å²) in [6.45, 7) is 0.181. The van der Waals surface area contributed by atoms with E-state index in [1.807, 2.05) is 12.1 Å². The van der Waals surface area contributed by atoms with E-state index in [1.54, 1.807) is 38.5 Å². The maximum absolute atomic E-state index is 13.5. The van der Waals surface area contributed by atoms with Gasteiger partial charge >= 0.3 is 0 Å². The molecule has 0 saturated heterocycles. The Morgan fingerprint density at radius 1 is 1.04 bits per heavy atom. The molecule has 0 aliphatic heterocycles. The van der Waals surface area contributed by atoms with Crippen LogP contribution in [0, 0.1) is 5.82 Å². The topological polar surface area (TPSA) is 47.6 Å². The molecule has 0 spiro atoms. The van der Waals surface area contributed by atoms with E-state index in [0.29, 0.717) is 23.5 Å². The number of para-hydroxylation sites is 1. The maximum Gasteiger partial charge on any atom is 0.220 e. The van der Waals surface area contributed by atoms with Gasteiger partial charge in [-0.15, -0.1) is 0 Å². The van der Waals surface area contributed by atoms with E-state index in [9.17, 15) is 9.18 Å². The molecule has 0 aromatic heterocycles. The van der Waals surface area contributed by atoms with Crippen LogP contribution in [0.15, 0.2) is 42.5 Å². The molecule has 4 nitrogen and oxygen atoms in total. The summed E-state index contributed by atoms with van der Waals surface area (Å²) in [4.78, 5) is 11.9. The molecule has 0 aliphatic carbocycles. The lowest BCUT2D eigenvalue weighted by molar-refractivity contribution is -0.121. The van der Waals surface area contributed by atoms with Gasteiger partial charge < -0.3 is 14.8 Å². The number of halogens is 1. The number of carbonyl (C=O) groups is 1. The van der Waals surface area contributed by atoms with Gasteiger partial charge in [0.1, 0.15) is 5.82 Å². The lowest BCUT2D eigenvalue weighted by Crippen LogP contribution is -2.23. The molecular formula is C18H20FNO3. The number of aryl methyl sites for hydroxylation is 1. The van der Waals surface area contributed by atoms with Crippen LogP contribution >= 0.6 is 0 Å². The Morgan fingerprint density at radius 2 is 1.78 bits per heavy atom. The first kappa shape index (κ1) is 16.8. The Kier molecular flexibility index (Phi) is 5.97. The molecule has 0 unspecified atom stereocenters. The molecule has 1 amide bonds. The largest absolute Gasteiger partial charge is 0.493 e. The lowest BCUT2D eigenvalue weighted by Gasteiger charge is -2.12. The first-order chi connectivity index (χ1) is 11.2. The van der Waals surface area contributed by atoms with Crippen molar-refractivity contribution in [3.8, 4) is 11.5 Å². The van der Waals surface area contributed by atoms with Crippen molar-refractivity contribution in [1.82, 2.24) is 5.32 Å². The van der Waals surface area contributed by atoms with Crippen LogP contribution in [0.5, 0.6) is 11.5 Å². The second-order valence-corrected chi connectivity index (χ2v) is 5.02. The Morgan fingerprint density at radius 3 is 2.48 bits per heavy atom. The van der Waals surface area contributed by atoms with Gasteiger partial charge in [0.05, 0.1) is 14.2 Å². The summed E-state index contributed by atoms with van der Waals surface area (Å²) in [5.41, 5.74) is 1.37. The summed E-state index contributed by atoms with van der Waals surface area (Å²) in [6.07, 6.45) is 0.807. The van der Waals surface area contributed by atoms with E-state index in [-0.39, 0.29) is 24.7 Å². The highest BCUT2D eigenvalue weighted by molar-refractivity contribution is 5.76. The smallest absolute Gasteiger partial charge is 0.220 e. The van der Waals surface area contributed by atoms with E-state index in [1.165, 1.54) is 6.07 Å². The highest BCUT2D eigenvalue weighted by Crippen LogP contribution is 2.31. The number of benzene rings is 2. The van der Waals surface area contributed by atoms with Crippen LogP contribution < -0.4 is 14.8 Å². The fourth-order valence-electron chi connectivity index (χ4n) is 2.32. The second-order valence-electron chi connectivity index (χ2n) is 5.02. The maximum atomic E-state index is 13.5. The molecule has 23 heavy (non-hydrogen) atoms. The molecule has 0 aliphatic rings. The van der Waals surface area contributed by atoms with Gasteiger partial charge in [0.15, 0.2) is 11.5 Å². The van der Waals surface area contributed by atoms with Crippen LogP contribution in [-0.4, -0.2) is 20.1 Å². The van der Waals surface area contributed by atoms with Crippen LogP contribution in [0.25, 0.3) is 0 Å². The average Bonchev–Trinajstić information content (AvgIpc) is 2.58. The zero-order chi connectivity index (χ0) is 16.7. The standard InChI is InChI=1S/C18H20FNO3/c1-22-16-9-5-7-13(18(16)23-2)10-11-17(21)20-12-14-6-3-4-8-15(14)19/h3-9H,10-12H2,1-2H3,(H,20,21). The molecule has 1 N–H and O–H groups in total. The Balaban J connectivity index is 1.91. The van der Waals surface area contributed by atoms with Gasteiger partial charge in [-0.2, -0.15) is 0 Å². The molecule has 2 rings (SSSR count). The normalized spacial score (nSPS) is 10.2. The summed E-state index contributed by atoms with van der Waals surface area (Å²) >= 11 is 0. The number of rotatable bonds is 7. The Labute approximate surface area is 135 Å². The highest BCUT2D eigenvalue weighted by atomic mass is 19.1. The van der Waals surface area contributed by atoms with Crippen molar-refractivity contribution < 1.29 is 18.7 Å². The molecule has 0 fully saturated rings. The van der Waals surface area contributed by atoms with E-state index >= 15 is 0 Å². The van der Waals surface area contributed by atoms with Gasteiger partial charge in [0.2, 0.25) is 5.91 Å². The third-order valence-electron chi connectivity index (χ3n) is 3.54. The third kappa shape index (κ3) is 4.45. The summed E-state index contributed by atoms with van der Waals surface area (Å²) in [7, 11) is 3.14. The van der Waals surface area contributed by atoms with Gasteiger partial charge in [-0.05, 0) is 24.1 Å². The van der Waals surface area contributed by atoms with Crippen LogP contribution in [0.2, 0.25) is 0 Å². The van der Waals surface area contributed by atoms with E-state index in [0.717, 1.165) is 5.56 Å². The van der Waals surface area contributed by atoms with E-state index < -0.39 is 0 Å². The van der Waals surface area contributed by atoms with Gasteiger partial charge in [0, 0.05) is 18.5 Å². The number of nitrogens with one attached hydrogen (secondary N) is 1. The molecule has 5 heteroatoms. The predicted molar refractivity (Wildman–Crippen MR) is 86.1 cm³/mol. The summed E-state index contributed by atoms with van der Waals surface area (Å²) in [6, 6.07) is 11.9. The Hall–Kier alpha value is -2.56. The summed E-state index contributed by atoms with van der Waals surface area (Å²) in [5, 5.41) is 2.73. The van der Waals surface area contributed by atoms with E-state index in [4.69, 9.17) is 9.47 Å². The highest BCUT2D eigenvalue weighted by Gasteiger charge is 2.11. The van der Waals surface area contributed by atoms with Gasteiger partial charge in [0.25, 0.3) is 0 Å². The van der Waals surface area contributed by atoms with Crippen molar-refractivity contribution in [3.05, 3.63) is 59.4 Å². The molecule has 0 saturated carbocycles. The van der Waals surface area contributed by atoms with Crippen LogP contribution in [0.1, 0.15) is 17.5 Å². The molecule has 2 aromatic rings. The predicted octanol–water partition coefficient (Wildman–Crippen LogP) is 3.09. The average molecular weight is 317 g/mol. The fraction of sp³-hybridized carbons (Fsp3) is 0.278. The quantitative estimate of drug-likeness (QED) is 0.853. The molecule has 0 atom stereocenters. The SMILES string of the molecule is COc1cccc(CCC(=O)NCc2ccccc2F)c1OC. The van der Waals surface area contributed by atoms with Crippen molar-refractivity contribution >= 4 is 5.91 Å². The van der Waals surface area contributed by atoms with Crippen LogP contribution in [0.4, 0.5) is 4.39 Å². The number of methoxy groups -OCH3 is 2. The first-order valence-corrected chi connectivity index (χ1v) is 7.35. The second kappa shape index (κ2) is 8.17. The van der Waals surface area contributed by atoms with Gasteiger partial charge in [-0.3, -0.25) is 4.79 Å². The molecule has 0 radical (unpaired) electrons.